The molecule has 2 heterocycles. The number of hydrogen-bond donors (Lipinski definition) is 3. The van der Waals surface area contributed by atoms with Crippen LogP contribution in [0.5, 0.6) is 0 Å². The number of rotatable bonds is 7. The number of pyridine rings is 1. The molecule has 3 N–H and O–H groups in total. The third-order valence-electron chi connectivity index (χ3n) is 3.61. The number of phosphoric ester groups is 1. The Morgan fingerprint density at radius 3 is 2.68 bits per heavy atom. The van der Waals surface area contributed by atoms with Crippen molar-refractivity contribution >= 4 is 13.6 Å². The summed E-state index contributed by atoms with van der Waals surface area (Å²) in [7, 11) is -4.28. The molecule has 5 atom stereocenters. The second-order valence-electron chi connectivity index (χ2n) is 6.06. The normalized spacial score (nSPS) is 28.9. The summed E-state index contributed by atoms with van der Waals surface area (Å²) in [5.41, 5.74) is 0.415. The maximum atomic E-state index is 11.7. The van der Waals surface area contributed by atoms with E-state index in [-0.39, 0.29) is 5.78 Å². The number of aromatic nitrogens is 1. The molecule has 0 saturated carbocycles. The van der Waals surface area contributed by atoms with E-state index in [0.29, 0.717) is 5.56 Å². The van der Waals surface area contributed by atoms with Gasteiger partial charge in [-0.15, -0.1) is 0 Å². The van der Waals surface area contributed by atoms with E-state index in [0.717, 1.165) is 0 Å². The first-order chi connectivity index (χ1) is 11.6. The molecule has 0 bridgehead atoms. The van der Waals surface area contributed by atoms with Gasteiger partial charge in [0.25, 0.3) is 6.23 Å². The first-order valence-corrected chi connectivity index (χ1v) is 9.29. The molecule has 1 aliphatic heterocycles. The summed E-state index contributed by atoms with van der Waals surface area (Å²) in [6.45, 7) is 4.12. The van der Waals surface area contributed by atoms with Gasteiger partial charge in [0.15, 0.2) is 24.3 Å². The van der Waals surface area contributed by atoms with Crippen molar-refractivity contribution < 1.29 is 42.8 Å². The van der Waals surface area contributed by atoms with Crippen LogP contribution in [0.25, 0.3) is 0 Å². The van der Waals surface area contributed by atoms with Crippen molar-refractivity contribution in [1.29, 1.82) is 0 Å². The quantitative estimate of drug-likeness (QED) is 0.353. The maximum absolute atomic E-state index is 11.7. The zero-order valence-corrected chi connectivity index (χ0v) is 15.1. The molecule has 10 heteroatoms. The van der Waals surface area contributed by atoms with Crippen molar-refractivity contribution in [3.8, 4) is 0 Å². The zero-order valence-electron chi connectivity index (χ0n) is 14.2. The van der Waals surface area contributed by atoms with Gasteiger partial charge in [0.05, 0.1) is 18.3 Å². The lowest BCUT2D eigenvalue weighted by Crippen LogP contribution is -2.46. The number of ether oxygens (including phenoxy) is 1. The summed E-state index contributed by atoms with van der Waals surface area (Å²) >= 11 is 0. The molecule has 140 valence electrons. The Labute approximate surface area is 145 Å². The van der Waals surface area contributed by atoms with Crippen LogP contribution in [0.2, 0.25) is 0 Å². The predicted molar refractivity (Wildman–Crippen MR) is 84.6 cm³/mol. The smallest absolute Gasteiger partial charge is 0.387 e. The second kappa shape index (κ2) is 8.01. The third kappa shape index (κ3) is 5.15. The van der Waals surface area contributed by atoms with Crippen LogP contribution >= 0.6 is 7.82 Å². The van der Waals surface area contributed by atoms with Gasteiger partial charge in [0.1, 0.15) is 12.2 Å². The molecule has 0 spiro atoms. The van der Waals surface area contributed by atoms with Gasteiger partial charge in [-0.3, -0.25) is 13.8 Å². The Kier molecular flexibility index (Phi) is 6.45. The van der Waals surface area contributed by atoms with Gasteiger partial charge in [-0.1, -0.05) is 0 Å². The fourth-order valence-electron chi connectivity index (χ4n) is 2.44. The molecule has 1 aromatic rings. The van der Waals surface area contributed by atoms with Crippen LogP contribution in [-0.4, -0.2) is 51.9 Å². The molecular formula is C15H23NO8P+. The van der Waals surface area contributed by atoms with Crippen LogP contribution in [0.15, 0.2) is 24.5 Å². The van der Waals surface area contributed by atoms with Gasteiger partial charge in [-0.05, 0) is 26.8 Å². The molecule has 9 nitrogen and oxygen atoms in total. The third-order valence-corrected chi connectivity index (χ3v) is 4.77. The zero-order chi connectivity index (χ0) is 18.8. The number of phosphoric acid groups is 1. The lowest BCUT2D eigenvalue weighted by Gasteiger charge is -2.18. The van der Waals surface area contributed by atoms with Crippen molar-refractivity contribution in [2.45, 2.75) is 51.4 Å². The van der Waals surface area contributed by atoms with Gasteiger partial charge < -0.3 is 19.8 Å². The molecular weight excluding hydrogens is 353 g/mol. The first-order valence-electron chi connectivity index (χ1n) is 7.80. The molecule has 0 amide bonds. The molecule has 1 aromatic heterocycles. The van der Waals surface area contributed by atoms with Gasteiger partial charge in [0.2, 0.25) is 0 Å². The second-order valence-corrected chi connectivity index (χ2v) is 7.47. The minimum absolute atomic E-state index is 0.158. The van der Waals surface area contributed by atoms with E-state index in [4.69, 9.17) is 13.8 Å². The molecule has 2 unspecified atom stereocenters. The monoisotopic (exact) mass is 376 g/mol. The van der Waals surface area contributed by atoms with Crippen LogP contribution in [0, 0.1) is 0 Å². The Hall–Kier alpha value is -1.19. The van der Waals surface area contributed by atoms with Crippen molar-refractivity contribution in [1.82, 2.24) is 0 Å². The molecule has 0 aliphatic carbocycles. The van der Waals surface area contributed by atoms with E-state index in [1.807, 2.05) is 0 Å². The van der Waals surface area contributed by atoms with Crippen LogP contribution in [0.4, 0.5) is 0 Å². The molecule has 2 rings (SSSR count). The number of nitrogens with zero attached hydrogens (tertiary/aromatic N) is 1. The van der Waals surface area contributed by atoms with E-state index in [9.17, 15) is 24.5 Å². The average Bonchev–Trinajstić information content (AvgIpc) is 2.80. The lowest BCUT2D eigenvalue weighted by atomic mass is 10.1. The van der Waals surface area contributed by atoms with Crippen LogP contribution in [0.3, 0.4) is 0 Å². The van der Waals surface area contributed by atoms with Crippen molar-refractivity contribution in [2.75, 3.05) is 6.61 Å². The molecule has 0 aromatic carbocycles. The highest BCUT2D eigenvalue weighted by Gasteiger charge is 2.49. The van der Waals surface area contributed by atoms with Crippen LogP contribution in [0.1, 0.15) is 37.4 Å². The topological polar surface area (TPSA) is 126 Å². The predicted octanol–water partition coefficient (Wildman–Crippen LogP) is 0.338. The van der Waals surface area contributed by atoms with E-state index in [1.165, 1.54) is 17.7 Å². The molecule has 1 aliphatic rings. The largest absolute Gasteiger partial charge is 0.472 e. The summed E-state index contributed by atoms with van der Waals surface area (Å²) in [4.78, 5) is 21.0. The minimum atomic E-state index is -4.28. The molecule has 1 saturated heterocycles. The fourth-order valence-corrected chi connectivity index (χ4v) is 3.37. The summed E-state index contributed by atoms with van der Waals surface area (Å²) in [5, 5.41) is 20.3. The molecule has 0 radical (unpaired) electrons. The standard InChI is InChI=1S/C15H22NO8P/c1-9(2)24-25(20,21)22-8-12-13(18)14(19)15(23-12)16-6-4-5-11(7-16)10(3)17/h4-7,9,12-15,18-19H,8H2,1-3H3/p+1/t12-,13-,14-,15?/m1/s1. The Bertz CT molecular complexity index is 667. The average molecular weight is 376 g/mol. The lowest BCUT2D eigenvalue weighted by molar-refractivity contribution is -0.765. The summed E-state index contributed by atoms with van der Waals surface area (Å²) < 4.78 is 28.3. The molecule has 25 heavy (non-hydrogen) atoms. The number of carbonyl (C=O) groups is 1. The fraction of sp³-hybridized carbons (Fsp3) is 0.600. The molecule has 1 fully saturated rings. The van der Waals surface area contributed by atoms with E-state index >= 15 is 0 Å². The van der Waals surface area contributed by atoms with Gasteiger partial charge >= 0.3 is 7.82 Å². The number of aliphatic hydroxyl groups excluding tert-OH is 2. The highest BCUT2D eigenvalue weighted by atomic mass is 31.2. The maximum Gasteiger partial charge on any atom is 0.472 e. The Balaban J connectivity index is 2.07. The Morgan fingerprint density at radius 2 is 2.08 bits per heavy atom. The van der Waals surface area contributed by atoms with Gasteiger partial charge in [-0.2, -0.15) is 4.57 Å². The van der Waals surface area contributed by atoms with Crippen molar-refractivity contribution in [3.63, 3.8) is 0 Å². The highest BCUT2D eigenvalue weighted by Crippen LogP contribution is 2.45. The number of ketones is 1. The highest BCUT2D eigenvalue weighted by molar-refractivity contribution is 7.47. The van der Waals surface area contributed by atoms with Crippen LogP contribution < -0.4 is 4.57 Å². The van der Waals surface area contributed by atoms with Gasteiger partial charge in [-0.25, -0.2) is 4.57 Å². The van der Waals surface area contributed by atoms with Gasteiger partial charge in [0, 0.05) is 6.07 Å². The van der Waals surface area contributed by atoms with Crippen molar-refractivity contribution in [2.24, 2.45) is 0 Å². The summed E-state index contributed by atoms with van der Waals surface area (Å²) in [5.74, 6) is -0.158. The Morgan fingerprint density at radius 1 is 1.40 bits per heavy atom. The number of Topliss-reactive ketones (excluding diaryl/α,β-unsaturated/α-hetero) is 1. The minimum Gasteiger partial charge on any atom is -0.387 e. The van der Waals surface area contributed by atoms with E-state index < -0.39 is 45.1 Å². The van der Waals surface area contributed by atoms with Crippen molar-refractivity contribution in [3.05, 3.63) is 30.1 Å². The van der Waals surface area contributed by atoms with Crippen LogP contribution in [-0.2, 0) is 18.3 Å². The first kappa shape index (κ1) is 20.1. The number of carbonyl (C=O) groups excluding carboxylic acids is 1. The number of hydrogen-bond acceptors (Lipinski definition) is 7. The summed E-state index contributed by atoms with van der Waals surface area (Å²) in [6, 6.07) is 3.23. The number of aliphatic hydroxyl groups is 2. The van der Waals surface area contributed by atoms with E-state index in [1.54, 1.807) is 32.2 Å². The summed E-state index contributed by atoms with van der Waals surface area (Å²) in [6.07, 6.45) is -2.09. The SMILES string of the molecule is CC(=O)c1ccc[n+](C2O[C@H](COP(=O)(O)OC(C)C)[C@@H](O)[C@H]2O)c1. The van der Waals surface area contributed by atoms with E-state index in [2.05, 4.69) is 0 Å².